The number of amides is 1. The van der Waals surface area contributed by atoms with E-state index in [4.69, 9.17) is 10.5 Å². The van der Waals surface area contributed by atoms with E-state index in [-0.39, 0.29) is 5.91 Å². The van der Waals surface area contributed by atoms with Crippen molar-refractivity contribution in [2.45, 2.75) is 123 Å². The van der Waals surface area contributed by atoms with Crippen LogP contribution in [0.15, 0.2) is 6.07 Å². The summed E-state index contributed by atoms with van der Waals surface area (Å²) < 4.78 is 5.07. The molecule has 32 heavy (non-hydrogen) atoms. The Labute approximate surface area is 199 Å². The molecule has 0 radical (unpaired) electrons. The van der Waals surface area contributed by atoms with Gasteiger partial charge in [-0.1, -0.05) is 96.8 Å². The maximum Gasteiger partial charge on any atom is 0.341 e. The van der Waals surface area contributed by atoms with Crippen molar-refractivity contribution < 1.29 is 14.3 Å². The van der Waals surface area contributed by atoms with Gasteiger partial charge in [-0.25, -0.2) is 4.79 Å². The molecule has 1 heterocycles. The predicted octanol–water partition coefficient (Wildman–Crippen LogP) is 7.58. The highest BCUT2D eigenvalue weighted by atomic mass is 32.1. The fraction of sp³-hybridized carbons (Fsp3) is 0.769. The molecule has 1 aromatic heterocycles. The first kappa shape index (κ1) is 28.6. The molecule has 0 atom stereocenters. The number of nitrogens with two attached hydrogens (primary N) is 1. The molecule has 184 valence electrons. The zero-order valence-electron chi connectivity index (χ0n) is 20.5. The van der Waals surface area contributed by atoms with Gasteiger partial charge in [-0.3, -0.25) is 4.79 Å². The highest BCUT2D eigenvalue weighted by Crippen LogP contribution is 2.29. The van der Waals surface area contributed by atoms with Crippen molar-refractivity contribution in [3.05, 3.63) is 16.5 Å². The number of nitrogens with one attached hydrogen (secondary N) is 1. The van der Waals surface area contributed by atoms with Crippen LogP contribution in [0.1, 0.15) is 132 Å². The van der Waals surface area contributed by atoms with Crippen LogP contribution in [0.25, 0.3) is 0 Å². The van der Waals surface area contributed by atoms with Gasteiger partial charge in [0.2, 0.25) is 5.91 Å². The molecular weight excluding hydrogens is 420 g/mol. The standard InChI is InChI=1S/C26H46N2O3S/c1-3-5-6-7-8-9-10-11-12-13-14-15-16-17-18-19-24(29)28-25-23(26(30)31-4-2)20-22(21-27)32-25/h20H,3-19,21,27H2,1-2H3,(H,28,29). The van der Waals surface area contributed by atoms with Crippen LogP contribution in [-0.2, 0) is 16.1 Å². The van der Waals surface area contributed by atoms with Crippen LogP contribution in [-0.4, -0.2) is 18.5 Å². The molecule has 0 saturated carbocycles. The third kappa shape index (κ3) is 13.2. The summed E-state index contributed by atoms with van der Waals surface area (Å²) in [5, 5.41) is 3.43. The van der Waals surface area contributed by atoms with Crippen molar-refractivity contribution in [1.29, 1.82) is 0 Å². The largest absolute Gasteiger partial charge is 0.462 e. The van der Waals surface area contributed by atoms with Crippen molar-refractivity contribution in [3.63, 3.8) is 0 Å². The quantitative estimate of drug-likeness (QED) is 0.153. The van der Waals surface area contributed by atoms with E-state index >= 15 is 0 Å². The zero-order valence-corrected chi connectivity index (χ0v) is 21.3. The molecule has 0 aromatic carbocycles. The summed E-state index contributed by atoms with van der Waals surface area (Å²) in [6, 6.07) is 1.71. The summed E-state index contributed by atoms with van der Waals surface area (Å²) in [5.74, 6) is -0.457. The van der Waals surface area contributed by atoms with E-state index in [0.29, 0.717) is 30.1 Å². The number of anilines is 1. The normalized spacial score (nSPS) is 11.0. The number of rotatable bonds is 20. The summed E-state index contributed by atoms with van der Waals surface area (Å²) in [6.45, 7) is 4.68. The number of carbonyl (C=O) groups excluding carboxylic acids is 2. The van der Waals surface area contributed by atoms with Crippen molar-refractivity contribution in [2.24, 2.45) is 5.73 Å². The van der Waals surface area contributed by atoms with E-state index in [1.54, 1.807) is 13.0 Å². The van der Waals surface area contributed by atoms with Crippen LogP contribution >= 0.6 is 11.3 Å². The van der Waals surface area contributed by atoms with Gasteiger partial charge in [-0.15, -0.1) is 11.3 Å². The number of hydrogen-bond donors (Lipinski definition) is 2. The van der Waals surface area contributed by atoms with E-state index in [1.165, 1.54) is 94.8 Å². The minimum absolute atomic E-state index is 0.0457. The van der Waals surface area contributed by atoms with Crippen molar-refractivity contribution in [2.75, 3.05) is 11.9 Å². The minimum atomic E-state index is -0.411. The van der Waals surface area contributed by atoms with Gasteiger partial charge in [0.25, 0.3) is 0 Å². The lowest BCUT2D eigenvalue weighted by Crippen LogP contribution is -2.13. The number of hydrogen-bond acceptors (Lipinski definition) is 5. The lowest BCUT2D eigenvalue weighted by atomic mass is 10.0. The summed E-state index contributed by atoms with van der Waals surface area (Å²) in [5.41, 5.74) is 6.09. The number of thiophene rings is 1. The number of ether oxygens (including phenoxy) is 1. The lowest BCUT2D eigenvalue weighted by Gasteiger charge is -2.06. The van der Waals surface area contributed by atoms with Gasteiger partial charge >= 0.3 is 5.97 Å². The zero-order chi connectivity index (χ0) is 23.4. The maximum absolute atomic E-state index is 12.3. The molecule has 5 nitrogen and oxygen atoms in total. The Bertz CT molecular complexity index is 631. The first-order valence-corrected chi connectivity index (χ1v) is 13.7. The molecule has 3 N–H and O–H groups in total. The molecular formula is C26H46N2O3S. The average Bonchev–Trinajstić information content (AvgIpc) is 3.19. The van der Waals surface area contributed by atoms with Crippen molar-refractivity contribution in [3.8, 4) is 0 Å². The Hall–Kier alpha value is -1.40. The number of unbranched alkanes of at least 4 members (excludes halogenated alkanes) is 14. The molecule has 1 amide bonds. The second-order valence-electron chi connectivity index (χ2n) is 8.63. The van der Waals surface area contributed by atoms with Crippen molar-refractivity contribution in [1.82, 2.24) is 0 Å². The fourth-order valence-electron chi connectivity index (χ4n) is 3.84. The summed E-state index contributed by atoms with van der Waals surface area (Å²) >= 11 is 1.35. The summed E-state index contributed by atoms with van der Waals surface area (Å²) in [7, 11) is 0. The summed E-state index contributed by atoms with van der Waals surface area (Å²) in [4.78, 5) is 25.2. The molecule has 6 heteroatoms. The third-order valence-corrected chi connectivity index (χ3v) is 6.81. The molecule has 0 bridgehead atoms. The van der Waals surface area contributed by atoms with Crippen LogP contribution in [0.5, 0.6) is 0 Å². The Morgan fingerprint density at radius 2 is 1.34 bits per heavy atom. The van der Waals surface area contributed by atoms with E-state index in [1.807, 2.05) is 0 Å². The lowest BCUT2D eigenvalue weighted by molar-refractivity contribution is -0.116. The molecule has 0 spiro atoms. The smallest absolute Gasteiger partial charge is 0.341 e. The topological polar surface area (TPSA) is 81.4 Å². The molecule has 0 aliphatic heterocycles. The molecule has 1 rings (SSSR count). The van der Waals surface area contributed by atoms with Crippen LogP contribution < -0.4 is 11.1 Å². The van der Waals surface area contributed by atoms with Gasteiger partial charge in [0, 0.05) is 17.8 Å². The number of carbonyl (C=O) groups is 2. The van der Waals surface area contributed by atoms with Gasteiger partial charge in [0.05, 0.1) is 12.2 Å². The Morgan fingerprint density at radius 3 is 1.81 bits per heavy atom. The van der Waals surface area contributed by atoms with E-state index < -0.39 is 5.97 Å². The minimum Gasteiger partial charge on any atom is -0.462 e. The van der Waals surface area contributed by atoms with Crippen LogP contribution in [0.3, 0.4) is 0 Å². The van der Waals surface area contributed by atoms with E-state index in [0.717, 1.165) is 17.7 Å². The number of esters is 1. The van der Waals surface area contributed by atoms with Gasteiger partial charge in [-0.2, -0.15) is 0 Å². The molecule has 0 aliphatic carbocycles. The molecule has 0 aliphatic rings. The highest BCUT2D eigenvalue weighted by Gasteiger charge is 2.18. The van der Waals surface area contributed by atoms with Crippen molar-refractivity contribution >= 4 is 28.2 Å². The Kier molecular flexibility index (Phi) is 17.1. The third-order valence-electron chi connectivity index (χ3n) is 5.74. The van der Waals surface area contributed by atoms with E-state index in [2.05, 4.69) is 12.2 Å². The molecule has 0 unspecified atom stereocenters. The monoisotopic (exact) mass is 466 g/mol. The van der Waals surface area contributed by atoms with Gasteiger partial charge in [0.15, 0.2) is 0 Å². The van der Waals surface area contributed by atoms with Gasteiger partial charge in [-0.05, 0) is 19.4 Å². The second kappa shape index (κ2) is 19.1. The molecule has 0 saturated heterocycles. The highest BCUT2D eigenvalue weighted by molar-refractivity contribution is 7.16. The van der Waals surface area contributed by atoms with Crippen LogP contribution in [0.4, 0.5) is 5.00 Å². The Balaban J connectivity index is 2.04. The Morgan fingerprint density at radius 1 is 0.844 bits per heavy atom. The van der Waals surface area contributed by atoms with Gasteiger partial charge in [0.1, 0.15) is 5.00 Å². The van der Waals surface area contributed by atoms with Gasteiger partial charge < -0.3 is 15.8 Å². The molecule has 1 aromatic rings. The first-order valence-electron chi connectivity index (χ1n) is 12.9. The predicted molar refractivity (Wildman–Crippen MR) is 136 cm³/mol. The maximum atomic E-state index is 12.3. The molecule has 0 fully saturated rings. The van der Waals surface area contributed by atoms with E-state index in [9.17, 15) is 9.59 Å². The first-order chi connectivity index (χ1) is 15.6. The fourth-order valence-corrected chi connectivity index (χ4v) is 4.78. The van der Waals surface area contributed by atoms with Crippen LogP contribution in [0.2, 0.25) is 0 Å². The average molecular weight is 467 g/mol. The van der Waals surface area contributed by atoms with Crippen LogP contribution in [0, 0.1) is 0 Å². The second-order valence-corrected chi connectivity index (χ2v) is 9.76. The SMILES string of the molecule is CCCCCCCCCCCCCCCCCC(=O)Nc1sc(CN)cc1C(=O)OCC. The summed E-state index contributed by atoms with van der Waals surface area (Å²) in [6.07, 6.45) is 20.1.